The molecule has 0 unspecified atom stereocenters. The number of nitrogens with zero attached hydrogens (tertiary/aromatic N) is 1. The number of hydrogen-bond acceptors (Lipinski definition) is 2. The van der Waals surface area contributed by atoms with Crippen LogP contribution in [0.3, 0.4) is 0 Å². The van der Waals surface area contributed by atoms with E-state index in [1.807, 2.05) is 20.8 Å². The van der Waals surface area contributed by atoms with Crippen molar-refractivity contribution in [3.63, 3.8) is 0 Å². The molecular formula is C15H17NO3. The molecule has 0 aliphatic heterocycles. The van der Waals surface area contributed by atoms with Gasteiger partial charge in [-0.1, -0.05) is 0 Å². The fourth-order valence-electron chi connectivity index (χ4n) is 2.79. The summed E-state index contributed by atoms with van der Waals surface area (Å²) in [4.78, 5) is 23.0. The van der Waals surface area contributed by atoms with Gasteiger partial charge in [0.1, 0.15) is 0 Å². The van der Waals surface area contributed by atoms with E-state index in [-0.39, 0.29) is 11.3 Å². The van der Waals surface area contributed by atoms with Crippen LogP contribution in [0.25, 0.3) is 10.9 Å². The number of ketones is 1. The first-order valence-corrected chi connectivity index (χ1v) is 6.26. The van der Waals surface area contributed by atoms with Gasteiger partial charge in [0.2, 0.25) is 0 Å². The number of carbonyl (C=O) groups is 2. The Morgan fingerprint density at radius 1 is 1.26 bits per heavy atom. The average Bonchev–Trinajstić information content (AvgIpc) is 2.61. The van der Waals surface area contributed by atoms with Crippen LogP contribution in [0.1, 0.15) is 45.8 Å². The lowest BCUT2D eigenvalue weighted by atomic mass is 10.0. The molecule has 0 bridgehead atoms. The van der Waals surface area contributed by atoms with Crippen LogP contribution in [0.2, 0.25) is 0 Å². The van der Waals surface area contributed by atoms with Gasteiger partial charge in [-0.05, 0) is 45.4 Å². The lowest BCUT2D eigenvalue weighted by molar-refractivity contribution is 0.0696. The summed E-state index contributed by atoms with van der Waals surface area (Å²) in [5, 5.41) is 9.88. The minimum atomic E-state index is -0.971. The van der Waals surface area contributed by atoms with Gasteiger partial charge in [-0.15, -0.1) is 0 Å². The molecule has 19 heavy (non-hydrogen) atoms. The van der Waals surface area contributed by atoms with Gasteiger partial charge in [-0.2, -0.15) is 0 Å². The van der Waals surface area contributed by atoms with E-state index in [1.54, 1.807) is 12.1 Å². The van der Waals surface area contributed by atoms with Crippen molar-refractivity contribution in [1.82, 2.24) is 4.57 Å². The molecule has 0 radical (unpaired) electrons. The molecule has 2 aromatic rings. The van der Waals surface area contributed by atoms with E-state index in [0.29, 0.717) is 5.56 Å². The van der Waals surface area contributed by atoms with E-state index in [9.17, 15) is 9.59 Å². The molecule has 0 saturated heterocycles. The molecule has 0 aliphatic carbocycles. The molecular weight excluding hydrogens is 242 g/mol. The van der Waals surface area contributed by atoms with Crippen LogP contribution in [-0.4, -0.2) is 21.4 Å². The molecule has 2 rings (SSSR count). The summed E-state index contributed by atoms with van der Waals surface area (Å²) in [5.74, 6) is -1.00. The lowest BCUT2D eigenvalue weighted by Crippen LogP contribution is -2.00. The largest absolute Gasteiger partial charge is 0.478 e. The van der Waals surface area contributed by atoms with Crippen molar-refractivity contribution in [3.8, 4) is 0 Å². The van der Waals surface area contributed by atoms with Gasteiger partial charge in [-0.3, -0.25) is 4.79 Å². The zero-order valence-corrected chi connectivity index (χ0v) is 11.6. The fraction of sp³-hybridized carbons (Fsp3) is 0.333. The van der Waals surface area contributed by atoms with E-state index < -0.39 is 5.97 Å². The molecule has 0 aliphatic rings. The first-order chi connectivity index (χ1) is 8.88. The summed E-state index contributed by atoms with van der Waals surface area (Å²) >= 11 is 0. The molecule has 4 nitrogen and oxygen atoms in total. The summed E-state index contributed by atoms with van der Waals surface area (Å²) < 4.78 is 2.06. The SMILES string of the molecule is CCn1c(C)c(C(C)=O)c2cc(C(=O)O)cc(C)c21. The lowest BCUT2D eigenvalue weighted by Gasteiger charge is -2.07. The number of carboxylic acids is 1. The number of fused-ring (bicyclic) bond motifs is 1. The van der Waals surface area contributed by atoms with Crippen LogP contribution in [0.4, 0.5) is 0 Å². The van der Waals surface area contributed by atoms with Crippen LogP contribution in [-0.2, 0) is 6.54 Å². The van der Waals surface area contributed by atoms with Gasteiger partial charge >= 0.3 is 5.97 Å². The average molecular weight is 259 g/mol. The Balaban J connectivity index is 2.98. The smallest absolute Gasteiger partial charge is 0.335 e. The van der Waals surface area contributed by atoms with Crippen LogP contribution in [0.15, 0.2) is 12.1 Å². The Kier molecular flexibility index (Phi) is 3.18. The fourth-order valence-corrected chi connectivity index (χ4v) is 2.79. The summed E-state index contributed by atoms with van der Waals surface area (Å²) in [6.45, 7) is 8.07. The standard InChI is InChI=1S/C15H17NO3/c1-5-16-9(3)13(10(4)17)12-7-11(15(18)19)6-8(2)14(12)16/h6-7H,5H2,1-4H3,(H,18,19). The van der Waals surface area contributed by atoms with Crippen LogP contribution in [0, 0.1) is 13.8 Å². The molecule has 1 aromatic heterocycles. The predicted molar refractivity (Wildman–Crippen MR) is 74.0 cm³/mol. The highest BCUT2D eigenvalue weighted by atomic mass is 16.4. The van der Waals surface area contributed by atoms with Crippen molar-refractivity contribution < 1.29 is 14.7 Å². The number of carbonyl (C=O) groups excluding carboxylic acids is 1. The van der Waals surface area contributed by atoms with Crippen LogP contribution < -0.4 is 0 Å². The Morgan fingerprint density at radius 3 is 2.37 bits per heavy atom. The maximum atomic E-state index is 11.8. The topological polar surface area (TPSA) is 59.3 Å². The van der Waals surface area contributed by atoms with Gasteiger partial charge in [0, 0.05) is 23.2 Å². The van der Waals surface area contributed by atoms with Gasteiger partial charge in [0.15, 0.2) is 5.78 Å². The first-order valence-electron chi connectivity index (χ1n) is 6.26. The zero-order valence-electron chi connectivity index (χ0n) is 11.6. The summed E-state index contributed by atoms with van der Waals surface area (Å²) in [7, 11) is 0. The minimum Gasteiger partial charge on any atom is -0.478 e. The molecule has 0 atom stereocenters. The molecule has 0 spiro atoms. The summed E-state index contributed by atoms with van der Waals surface area (Å²) in [6, 6.07) is 3.25. The molecule has 4 heteroatoms. The normalized spacial score (nSPS) is 10.9. The number of hydrogen-bond donors (Lipinski definition) is 1. The third kappa shape index (κ3) is 1.93. The Hall–Kier alpha value is -2.10. The van der Waals surface area contributed by atoms with E-state index in [2.05, 4.69) is 4.57 Å². The Labute approximate surface area is 111 Å². The Morgan fingerprint density at radius 2 is 1.89 bits per heavy atom. The maximum absolute atomic E-state index is 11.8. The highest BCUT2D eigenvalue weighted by Crippen LogP contribution is 2.30. The van der Waals surface area contributed by atoms with Gasteiger partial charge < -0.3 is 9.67 Å². The highest BCUT2D eigenvalue weighted by Gasteiger charge is 2.19. The molecule has 0 amide bonds. The third-order valence-corrected chi connectivity index (χ3v) is 3.52. The van der Waals surface area contributed by atoms with Crippen LogP contribution >= 0.6 is 0 Å². The number of Topliss-reactive ketones (excluding diaryl/α,β-unsaturated/α-hetero) is 1. The first kappa shape index (κ1) is 13.3. The van der Waals surface area contributed by atoms with E-state index in [4.69, 9.17) is 5.11 Å². The second kappa shape index (κ2) is 4.53. The van der Waals surface area contributed by atoms with Crippen molar-refractivity contribution in [1.29, 1.82) is 0 Å². The number of aryl methyl sites for hydroxylation is 2. The van der Waals surface area contributed by atoms with Crippen molar-refractivity contribution in [2.45, 2.75) is 34.2 Å². The molecule has 100 valence electrons. The molecule has 1 N–H and O–H groups in total. The minimum absolute atomic E-state index is 0.0309. The quantitative estimate of drug-likeness (QED) is 0.861. The number of carboxylic acid groups (broad SMARTS) is 1. The number of rotatable bonds is 3. The van der Waals surface area contributed by atoms with Gasteiger partial charge in [0.05, 0.1) is 11.1 Å². The van der Waals surface area contributed by atoms with Gasteiger partial charge in [-0.25, -0.2) is 4.79 Å². The van der Waals surface area contributed by atoms with Crippen LogP contribution in [0.5, 0.6) is 0 Å². The van der Waals surface area contributed by atoms with E-state index >= 15 is 0 Å². The third-order valence-electron chi connectivity index (χ3n) is 3.52. The molecule has 1 aromatic carbocycles. The van der Waals surface area contributed by atoms with Crippen molar-refractivity contribution >= 4 is 22.7 Å². The summed E-state index contributed by atoms with van der Waals surface area (Å²) in [5.41, 5.74) is 3.59. The van der Waals surface area contributed by atoms with E-state index in [0.717, 1.165) is 28.7 Å². The number of aromatic carboxylic acids is 1. The zero-order chi connectivity index (χ0) is 14.3. The molecule has 1 heterocycles. The van der Waals surface area contributed by atoms with Crippen molar-refractivity contribution in [3.05, 3.63) is 34.5 Å². The van der Waals surface area contributed by atoms with E-state index in [1.165, 1.54) is 6.92 Å². The van der Waals surface area contributed by atoms with Gasteiger partial charge in [0.25, 0.3) is 0 Å². The maximum Gasteiger partial charge on any atom is 0.335 e. The second-order valence-corrected chi connectivity index (χ2v) is 4.76. The molecule has 0 saturated carbocycles. The summed E-state index contributed by atoms with van der Waals surface area (Å²) in [6.07, 6.45) is 0. The van der Waals surface area contributed by atoms with Crippen molar-refractivity contribution in [2.75, 3.05) is 0 Å². The highest BCUT2D eigenvalue weighted by molar-refractivity contribution is 6.10. The Bertz CT molecular complexity index is 695. The van der Waals surface area contributed by atoms with Crippen molar-refractivity contribution in [2.24, 2.45) is 0 Å². The second-order valence-electron chi connectivity index (χ2n) is 4.76. The monoisotopic (exact) mass is 259 g/mol. The number of benzene rings is 1. The predicted octanol–water partition coefficient (Wildman–Crippen LogP) is 3.18. The molecule has 0 fully saturated rings. The number of aromatic nitrogens is 1.